The molecule has 6 aliphatic carbocycles. The number of rotatable bonds is 9. The van der Waals surface area contributed by atoms with Gasteiger partial charge in [0.1, 0.15) is 11.6 Å². The third-order valence-corrected chi connectivity index (χ3v) is 9.03. The van der Waals surface area contributed by atoms with E-state index in [0.717, 1.165) is 49.0 Å². The molecule has 4 nitrogen and oxygen atoms in total. The number of carbonyl (C=O) groups is 2. The highest BCUT2D eigenvalue weighted by Gasteiger charge is 2.51. The van der Waals surface area contributed by atoms with Gasteiger partial charge in [-0.05, 0) is 105 Å². The second-order valence-corrected chi connectivity index (χ2v) is 11.8. The third kappa shape index (κ3) is 3.86. The maximum atomic E-state index is 15.1. The number of carboxylic acids is 1. The molecule has 1 atom stereocenters. The Morgan fingerprint density at radius 1 is 1.03 bits per heavy atom. The van der Waals surface area contributed by atoms with Crippen LogP contribution in [-0.4, -0.2) is 23.5 Å². The maximum Gasteiger partial charge on any atom is 0.307 e. The van der Waals surface area contributed by atoms with Crippen LogP contribution in [0.5, 0.6) is 5.75 Å². The molecule has 4 bridgehead atoms. The van der Waals surface area contributed by atoms with E-state index in [1.807, 2.05) is 0 Å². The van der Waals surface area contributed by atoms with Crippen LogP contribution in [0.3, 0.4) is 0 Å². The Hall–Kier alpha value is -1.91. The number of carboxylic acid groups (broad SMARTS) is 1. The van der Waals surface area contributed by atoms with Crippen LogP contribution in [0, 0.1) is 40.8 Å². The van der Waals surface area contributed by atoms with E-state index in [1.54, 1.807) is 6.07 Å². The maximum absolute atomic E-state index is 15.1. The monoisotopic (exact) mass is 440 g/mol. The molecule has 0 aliphatic heterocycles. The zero-order chi connectivity index (χ0) is 22.0. The first-order valence-electron chi connectivity index (χ1n) is 12.6. The van der Waals surface area contributed by atoms with Crippen molar-refractivity contribution in [2.45, 2.75) is 76.5 Å². The van der Waals surface area contributed by atoms with Crippen molar-refractivity contribution in [3.05, 3.63) is 29.1 Å². The summed E-state index contributed by atoms with van der Waals surface area (Å²) in [6.07, 6.45) is 11.5. The first kappa shape index (κ1) is 20.7. The van der Waals surface area contributed by atoms with Gasteiger partial charge in [-0.15, -0.1) is 0 Å². The molecule has 0 radical (unpaired) electrons. The van der Waals surface area contributed by atoms with E-state index in [2.05, 4.69) is 0 Å². The van der Waals surface area contributed by atoms with Gasteiger partial charge in [-0.25, -0.2) is 4.39 Å². The normalized spacial score (nSPS) is 33.8. The summed E-state index contributed by atoms with van der Waals surface area (Å²) in [6.45, 7) is 0.658. The first-order chi connectivity index (χ1) is 15.4. The molecular weight excluding hydrogens is 407 g/mol. The minimum absolute atomic E-state index is 0.0426. The fourth-order valence-electron chi connectivity index (χ4n) is 7.59. The van der Waals surface area contributed by atoms with E-state index in [9.17, 15) is 14.7 Å². The average Bonchev–Trinajstić information content (AvgIpc) is 3.62. The second kappa shape index (κ2) is 7.56. The van der Waals surface area contributed by atoms with Crippen molar-refractivity contribution in [2.75, 3.05) is 6.61 Å². The summed E-state index contributed by atoms with van der Waals surface area (Å²) in [4.78, 5) is 24.4. The van der Waals surface area contributed by atoms with Crippen LogP contribution in [-0.2, 0) is 4.79 Å². The number of Topliss-reactive ketones (excluding diaryl/α,β-unsaturated/α-hetero) is 1. The largest absolute Gasteiger partial charge is 0.493 e. The molecule has 6 fully saturated rings. The summed E-state index contributed by atoms with van der Waals surface area (Å²) < 4.78 is 21.4. The van der Waals surface area contributed by atoms with Crippen LogP contribution in [0.2, 0.25) is 0 Å². The lowest BCUT2D eigenvalue weighted by atomic mass is 9.50. The molecule has 0 spiro atoms. The van der Waals surface area contributed by atoms with E-state index < -0.39 is 23.5 Å². The van der Waals surface area contributed by atoms with Crippen molar-refractivity contribution in [3.8, 4) is 5.75 Å². The molecule has 0 aromatic heterocycles. The van der Waals surface area contributed by atoms with Crippen molar-refractivity contribution in [3.63, 3.8) is 0 Å². The molecule has 1 aromatic carbocycles. The van der Waals surface area contributed by atoms with E-state index >= 15 is 4.39 Å². The number of halogens is 1. The fraction of sp³-hybridized carbons (Fsp3) is 0.704. The fourth-order valence-corrected chi connectivity index (χ4v) is 7.59. The molecule has 32 heavy (non-hydrogen) atoms. The Morgan fingerprint density at radius 2 is 1.66 bits per heavy atom. The van der Waals surface area contributed by atoms with Gasteiger partial charge >= 0.3 is 5.97 Å². The Labute approximate surface area is 188 Å². The van der Waals surface area contributed by atoms with Gasteiger partial charge in [-0.1, -0.05) is 0 Å². The molecule has 0 unspecified atom stereocenters. The molecule has 0 amide bonds. The molecule has 6 saturated carbocycles. The summed E-state index contributed by atoms with van der Waals surface area (Å²) in [6, 6.07) is 3.09. The molecule has 0 saturated heterocycles. The highest BCUT2D eigenvalue weighted by Crippen LogP contribution is 2.60. The number of ether oxygens (including phenoxy) is 1. The number of carbonyl (C=O) groups excluding carboxylic acids is 1. The lowest BCUT2D eigenvalue weighted by Crippen LogP contribution is -2.48. The van der Waals surface area contributed by atoms with E-state index in [0.29, 0.717) is 18.3 Å². The molecule has 172 valence electrons. The van der Waals surface area contributed by atoms with Gasteiger partial charge in [0.15, 0.2) is 5.78 Å². The molecule has 6 aliphatic rings. The summed E-state index contributed by atoms with van der Waals surface area (Å²) in [7, 11) is 0. The molecular formula is C27H33FO4. The van der Waals surface area contributed by atoms with Crippen molar-refractivity contribution >= 4 is 11.8 Å². The van der Waals surface area contributed by atoms with Crippen molar-refractivity contribution in [1.29, 1.82) is 0 Å². The Morgan fingerprint density at radius 3 is 2.19 bits per heavy atom. The zero-order valence-electron chi connectivity index (χ0n) is 18.7. The molecule has 1 aromatic rings. The number of ketones is 1. The number of aliphatic carboxylic acids is 1. The lowest BCUT2D eigenvalue weighted by molar-refractivity contribution is -0.142. The summed E-state index contributed by atoms with van der Waals surface area (Å²) in [5.41, 5.74) is 1.23. The van der Waals surface area contributed by atoms with Gasteiger partial charge in [0.05, 0.1) is 18.1 Å². The Balaban J connectivity index is 1.21. The zero-order valence-corrected chi connectivity index (χ0v) is 18.7. The standard InChI is InChI=1S/C27H33FO4/c28-23-10-25(32-14-27-11-15-5-16(12-27)7-17(6-15)13-27)20(18-1-2-18)8-22(23)24(29)9-21(26(30)31)19-3-4-19/h8,10,15-19,21H,1-7,9,11-14H2,(H,30,31)/t15?,16?,17?,21-,27?/m0/s1. The SMILES string of the molecule is O=C(C[C@H](C(=O)O)C1CC1)c1cc(C2CC2)c(OCC23CC4CC(CC(C4)C2)C3)cc1F. The van der Waals surface area contributed by atoms with Crippen molar-refractivity contribution in [2.24, 2.45) is 35.0 Å². The van der Waals surface area contributed by atoms with Crippen LogP contribution >= 0.6 is 0 Å². The molecule has 1 N–H and O–H groups in total. The number of hydrogen-bond donors (Lipinski definition) is 1. The van der Waals surface area contributed by atoms with Gasteiger partial charge < -0.3 is 9.84 Å². The van der Waals surface area contributed by atoms with Gasteiger partial charge in [0.25, 0.3) is 0 Å². The van der Waals surface area contributed by atoms with Gasteiger partial charge in [0, 0.05) is 17.9 Å². The molecule has 5 heteroatoms. The van der Waals surface area contributed by atoms with Crippen LogP contribution < -0.4 is 4.74 Å². The quantitative estimate of drug-likeness (QED) is 0.480. The Kier molecular flexibility index (Phi) is 4.89. The predicted molar refractivity (Wildman–Crippen MR) is 117 cm³/mol. The second-order valence-electron chi connectivity index (χ2n) is 11.8. The Bertz CT molecular complexity index is 910. The van der Waals surface area contributed by atoms with Crippen LogP contribution in [0.4, 0.5) is 4.39 Å². The number of benzene rings is 1. The van der Waals surface area contributed by atoms with Crippen LogP contribution in [0.25, 0.3) is 0 Å². The van der Waals surface area contributed by atoms with E-state index in [4.69, 9.17) is 4.74 Å². The molecule has 7 rings (SSSR count). The minimum Gasteiger partial charge on any atom is -0.493 e. The van der Waals surface area contributed by atoms with Crippen LogP contribution in [0.1, 0.15) is 92.5 Å². The van der Waals surface area contributed by atoms with E-state index in [-0.39, 0.29) is 23.3 Å². The van der Waals surface area contributed by atoms with Gasteiger partial charge in [-0.3, -0.25) is 9.59 Å². The summed E-state index contributed by atoms with van der Waals surface area (Å²) in [5, 5.41) is 9.47. The van der Waals surface area contributed by atoms with Gasteiger partial charge in [0.2, 0.25) is 0 Å². The van der Waals surface area contributed by atoms with Gasteiger partial charge in [-0.2, -0.15) is 0 Å². The third-order valence-electron chi connectivity index (χ3n) is 9.03. The smallest absolute Gasteiger partial charge is 0.307 e. The van der Waals surface area contributed by atoms with E-state index in [1.165, 1.54) is 44.6 Å². The topological polar surface area (TPSA) is 63.6 Å². The lowest BCUT2D eigenvalue weighted by Gasteiger charge is -2.56. The molecule has 0 heterocycles. The summed E-state index contributed by atoms with van der Waals surface area (Å²) in [5.74, 6) is 0.926. The summed E-state index contributed by atoms with van der Waals surface area (Å²) >= 11 is 0. The highest BCUT2D eigenvalue weighted by atomic mass is 19.1. The highest BCUT2D eigenvalue weighted by molar-refractivity contribution is 5.98. The van der Waals surface area contributed by atoms with Crippen molar-refractivity contribution in [1.82, 2.24) is 0 Å². The minimum atomic E-state index is -0.945. The predicted octanol–water partition coefficient (Wildman–Crippen LogP) is 5.98. The first-order valence-corrected chi connectivity index (χ1v) is 12.6. The van der Waals surface area contributed by atoms with Crippen LogP contribution in [0.15, 0.2) is 12.1 Å². The van der Waals surface area contributed by atoms with Crippen molar-refractivity contribution < 1.29 is 23.8 Å². The average molecular weight is 441 g/mol. The number of hydrogen-bond acceptors (Lipinski definition) is 3.